The van der Waals surface area contributed by atoms with Crippen molar-refractivity contribution in [1.82, 2.24) is 24.6 Å². The molecule has 1 spiro atoms. The molecule has 6 aliphatic rings. The number of aromatic nitrogens is 3. The Labute approximate surface area is 288 Å². The zero-order valence-electron chi connectivity index (χ0n) is 28.6. The van der Waals surface area contributed by atoms with E-state index in [-0.39, 0.29) is 11.9 Å². The third-order valence-corrected chi connectivity index (χ3v) is 12.6. The molecule has 50 heavy (non-hydrogen) atoms. The lowest BCUT2D eigenvalue weighted by Gasteiger charge is -2.45. The van der Waals surface area contributed by atoms with E-state index >= 15 is 0 Å². The van der Waals surface area contributed by atoms with Crippen molar-refractivity contribution in [3.8, 4) is 0 Å². The van der Waals surface area contributed by atoms with Crippen molar-refractivity contribution in [2.24, 2.45) is 0 Å². The van der Waals surface area contributed by atoms with E-state index in [1.807, 2.05) is 12.2 Å². The summed E-state index contributed by atoms with van der Waals surface area (Å²) in [6.45, 7) is 9.23. The van der Waals surface area contributed by atoms with Crippen LogP contribution in [0.25, 0.3) is 33.3 Å². The van der Waals surface area contributed by atoms with Crippen molar-refractivity contribution in [2.45, 2.75) is 88.6 Å². The molecule has 4 aliphatic heterocycles. The van der Waals surface area contributed by atoms with Gasteiger partial charge in [0.15, 0.2) is 5.82 Å². The van der Waals surface area contributed by atoms with Gasteiger partial charge in [0.25, 0.3) is 5.82 Å². The molecule has 0 N–H and O–H groups in total. The standard InChI is InChI=1S/C41H38F3N5O/c1-5-8-14-25-15-13-19-32-33(25)27-20-21-28-34(35(27)50-32)31-23-24(4)26-16-9-10-17-29(26)48(31)40(28)38(6-2)39(40,7-3)49-36(30-18-11-12-22-47(30)38)45-37(46-49)41(42,43)44/h9-13,15-21,23,29H,5-8,14,22H2,1-4H3. The molecular weight excluding hydrogens is 635 g/mol. The van der Waals surface area contributed by atoms with Gasteiger partial charge in [0.2, 0.25) is 0 Å². The SMILES string of the molecule is CCCCc1cccc2oc3c4c(ccc3c12)C1(N2C4=CC(C)=C3C=CC=CC32)C2(CC)N3CC=CC=C3c3nc(C(F)(F)F)nn3C21CC. The van der Waals surface area contributed by atoms with E-state index in [4.69, 9.17) is 4.42 Å². The summed E-state index contributed by atoms with van der Waals surface area (Å²) in [6, 6.07) is 10.7. The minimum Gasteiger partial charge on any atom is -0.455 e. The summed E-state index contributed by atoms with van der Waals surface area (Å²) in [4.78, 5) is 9.15. The first-order valence-electron chi connectivity index (χ1n) is 18.0. The highest BCUT2D eigenvalue weighted by Gasteiger charge is 2.96. The Bertz CT molecular complexity index is 2370. The monoisotopic (exact) mass is 673 g/mol. The van der Waals surface area contributed by atoms with Crippen LogP contribution in [-0.2, 0) is 23.7 Å². The fraction of sp³-hybridized carbons (Fsp3) is 0.366. The first-order valence-corrected chi connectivity index (χ1v) is 18.0. The number of fused-ring (bicyclic) bond motifs is 19. The number of furan rings is 1. The minimum atomic E-state index is -4.68. The van der Waals surface area contributed by atoms with Crippen LogP contribution in [-0.4, -0.2) is 42.7 Å². The van der Waals surface area contributed by atoms with E-state index in [1.165, 1.54) is 16.7 Å². The number of nitrogens with zero attached hydrogens (tertiary/aromatic N) is 5. The summed E-state index contributed by atoms with van der Waals surface area (Å²) in [5.74, 6) is -0.821. The second-order valence-electron chi connectivity index (χ2n) is 14.5. The van der Waals surface area contributed by atoms with Crippen LogP contribution in [0.2, 0.25) is 0 Å². The van der Waals surface area contributed by atoms with E-state index in [9.17, 15) is 13.2 Å². The van der Waals surface area contributed by atoms with Crippen molar-refractivity contribution < 1.29 is 17.6 Å². The molecule has 9 heteroatoms. The third kappa shape index (κ3) is 3.11. The molecule has 1 fully saturated rings. The molecular formula is C41H38F3N5O. The molecule has 1 saturated carbocycles. The third-order valence-electron chi connectivity index (χ3n) is 12.6. The maximum atomic E-state index is 14.5. The molecule has 10 rings (SSSR count). The van der Waals surface area contributed by atoms with Crippen molar-refractivity contribution in [2.75, 3.05) is 6.54 Å². The van der Waals surface area contributed by atoms with E-state index in [0.717, 1.165) is 58.0 Å². The van der Waals surface area contributed by atoms with Gasteiger partial charge in [0.1, 0.15) is 22.2 Å². The van der Waals surface area contributed by atoms with Crippen LogP contribution in [0.4, 0.5) is 13.2 Å². The van der Waals surface area contributed by atoms with Crippen molar-refractivity contribution in [1.29, 1.82) is 0 Å². The molecule has 2 aromatic heterocycles. The lowest BCUT2D eigenvalue weighted by atomic mass is 9.89. The molecule has 6 heterocycles. The summed E-state index contributed by atoms with van der Waals surface area (Å²) in [5, 5.41) is 6.67. The molecule has 2 aliphatic carbocycles. The number of benzene rings is 2. The van der Waals surface area contributed by atoms with Crippen LogP contribution >= 0.6 is 0 Å². The summed E-state index contributed by atoms with van der Waals surface area (Å²) >= 11 is 0. The van der Waals surface area contributed by atoms with E-state index in [0.29, 0.717) is 25.1 Å². The van der Waals surface area contributed by atoms with Gasteiger partial charge in [-0.25, -0.2) is 9.67 Å². The van der Waals surface area contributed by atoms with Gasteiger partial charge in [-0.2, -0.15) is 13.2 Å². The number of aryl methyl sites for hydroxylation is 1. The number of unbranched alkanes of at least 4 members (excludes halogenated alkanes) is 1. The summed E-state index contributed by atoms with van der Waals surface area (Å²) < 4.78 is 52.2. The summed E-state index contributed by atoms with van der Waals surface area (Å²) in [6.07, 6.45) is 16.5. The van der Waals surface area contributed by atoms with Crippen molar-refractivity contribution in [3.63, 3.8) is 0 Å². The number of halogens is 3. The van der Waals surface area contributed by atoms with Gasteiger partial charge in [0.05, 0.1) is 23.0 Å². The van der Waals surface area contributed by atoms with Gasteiger partial charge >= 0.3 is 6.18 Å². The Morgan fingerprint density at radius 3 is 2.62 bits per heavy atom. The largest absolute Gasteiger partial charge is 0.455 e. The zero-order valence-corrected chi connectivity index (χ0v) is 28.6. The highest BCUT2D eigenvalue weighted by molar-refractivity contribution is 6.11. The first-order chi connectivity index (χ1) is 24.2. The fourth-order valence-electron chi connectivity index (χ4n) is 11.0. The van der Waals surface area contributed by atoms with Gasteiger partial charge in [-0.15, -0.1) is 5.10 Å². The number of hydrogen-bond acceptors (Lipinski definition) is 5. The molecule has 4 unspecified atom stereocenters. The average Bonchev–Trinajstić information content (AvgIpc) is 3.54. The van der Waals surface area contributed by atoms with Gasteiger partial charge in [0, 0.05) is 22.9 Å². The van der Waals surface area contributed by atoms with E-state index < -0.39 is 28.6 Å². The summed E-state index contributed by atoms with van der Waals surface area (Å²) in [7, 11) is 0. The number of alkyl halides is 3. The Kier molecular flexibility index (Phi) is 5.84. The lowest BCUT2D eigenvalue weighted by Crippen LogP contribution is -2.51. The van der Waals surface area contributed by atoms with Gasteiger partial charge in [-0.3, -0.25) is 0 Å². The molecule has 254 valence electrons. The second-order valence-corrected chi connectivity index (χ2v) is 14.5. The van der Waals surface area contributed by atoms with Gasteiger partial charge in [-0.05, 0) is 73.1 Å². The predicted octanol–water partition coefficient (Wildman–Crippen LogP) is 9.41. The zero-order chi connectivity index (χ0) is 34.4. The average molecular weight is 674 g/mol. The molecule has 2 aromatic carbocycles. The van der Waals surface area contributed by atoms with Crippen LogP contribution in [0.15, 0.2) is 94.5 Å². The maximum absolute atomic E-state index is 14.5. The van der Waals surface area contributed by atoms with Crippen LogP contribution in [0.5, 0.6) is 0 Å². The molecule has 4 aromatic rings. The van der Waals surface area contributed by atoms with E-state index in [2.05, 4.69) is 114 Å². The maximum Gasteiger partial charge on any atom is 0.453 e. The van der Waals surface area contributed by atoms with Crippen molar-refractivity contribution in [3.05, 3.63) is 118 Å². The Hall–Kier alpha value is -4.79. The molecule has 0 saturated heterocycles. The topological polar surface area (TPSA) is 50.3 Å². The molecule has 0 radical (unpaired) electrons. The first kappa shape index (κ1) is 30.1. The molecule has 4 atom stereocenters. The summed E-state index contributed by atoms with van der Waals surface area (Å²) in [5.41, 5.74) is 6.85. The smallest absolute Gasteiger partial charge is 0.453 e. The Morgan fingerprint density at radius 2 is 1.84 bits per heavy atom. The normalized spacial score (nSPS) is 28.5. The quantitative estimate of drug-likeness (QED) is 0.211. The van der Waals surface area contributed by atoms with Gasteiger partial charge in [-0.1, -0.05) is 87.9 Å². The number of allylic oxidation sites excluding steroid dienone is 6. The van der Waals surface area contributed by atoms with E-state index in [1.54, 1.807) is 4.68 Å². The number of hydrogen-bond donors (Lipinski definition) is 0. The minimum absolute atomic E-state index is 0.133. The van der Waals surface area contributed by atoms with Crippen molar-refractivity contribution >= 4 is 33.3 Å². The Balaban J connectivity index is 1.35. The van der Waals surface area contributed by atoms with Crippen LogP contribution in [0.3, 0.4) is 0 Å². The number of rotatable bonds is 5. The fourth-order valence-corrected chi connectivity index (χ4v) is 11.0. The molecule has 0 amide bonds. The van der Waals surface area contributed by atoms with Gasteiger partial charge < -0.3 is 14.2 Å². The van der Waals surface area contributed by atoms with Crippen LogP contribution < -0.4 is 0 Å². The van der Waals surface area contributed by atoms with Crippen LogP contribution in [0.1, 0.15) is 81.7 Å². The van der Waals surface area contributed by atoms with Crippen LogP contribution in [0, 0.1) is 0 Å². The molecule has 0 bridgehead atoms. The lowest BCUT2D eigenvalue weighted by molar-refractivity contribution is -0.145. The molecule has 6 nitrogen and oxygen atoms in total. The Morgan fingerprint density at radius 1 is 1.00 bits per heavy atom. The highest BCUT2D eigenvalue weighted by atomic mass is 19.4. The predicted molar refractivity (Wildman–Crippen MR) is 189 cm³/mol. The highest BCUT2D eigenvalue weighted by Crippen LogP contribution is 2.84. The second kappa shape index (κ2) is 9.71.